The lowest BCUT2D eigenvalue weighted by molar-refractivity contribution is -0.139. The van der Waals surface area contributed by atoms with E-state index in [0.717, 1.165) is 11.1 Å². The standard InChI is InChI=1S/C34H33ClN2O6S/c1-6-41-33(39)30-21(4)36-34-37(31(30)24-13-16-27(43-20(2)3)28(17-24)40-5)32(38)29(44-34)18-23-9-7-8-10-26(23)42-19-22-11-14-25(35)15-12-22/h7-18,20,31H,6,19H2,1-5H3/b29-18+/t31-/m1/s1. The van der Waals surface area contributed by atoms with Crippen molar-refractivity contribution in [3.63, 3.8) is 0 Å². The second-order valence-corrected chi connectivity index (χ2v) is 11.8. The summed E-state index contributed by atoms with van der Waals surface area (Å²) in [6.07, 6.45) is 1.73. The number of hydrogen-bond donors (Lipinski definition) is 0. The van der Waals surface area contributed by atoms with Crippen molar-refractivity contribution in [1.29, 1.82) is 0 Å². The maximum Gasteiger partial charge on any atom is 0.338 e. The van der Waals surface area contributed by atoms with Crippen molar-refractivity contribution >= 4 is 35.0 Å². The molecule has 0 spiro atoms. The lowest BCUT2D eigenvalue weighted by Crippen LogP contribution is -2.40. The van der Waals surface area contributed by atoms with Gasteiger partial charge in [0, 0.05) is 10.6 Å². The van der Waals surface area contributed by atoms with Gasteiger partial charge in [0.25, 0.3) is 5.56 Å². The van der Waals surface area contributed by atoms with Crippen molar-refractivity contribution in [2.75, 3.05) is 13.7 Å². The van der Waals surface area contributed by atoms with E-state index in [2.05, 4.69) is 4.99 Å². The number of esters is 1. The lowest BCUT2D eigenvalue weighted by Gasteiger charge is -2.25. The quantitative estimate of drug-likeness (QED) is 0.205. The highest BCUT2D eigenvalue weighted by Crippen LogP contribution is 2.36. The van der Waals surface area contributed by atoms with Crippen molar-refractivity contribution < 1.29 is 23.7 Å². The molecule has 8 nitrogen and oxygen atoms in total. The molecule has 0 amide bonds. The maximum absolute atomic E-state index is 14.1. The molecule has 44 heavy (non-hydrogen) atoms. The Morgan fingerprint density at radius 3 is 2.52 bits per heavy atom. The summed E-state index contributed by atoms with van der Waals surface area (Å²) in [7, 11) is 1.55. The van der Waals surface area contributed by atoms with Gasteiger partial charge in [0.2, 0.25) is 0 Å². The van der Waals surface area contributed by atoms with E-state index >= 15 is 0 Å². The van der Waals surface area contributed by atoms with Crippen LogP contribution in [-0.4, -0.2) is 30.4 Å². The van der Waals surface area contributed by atoms with E-state index in [0.29, 0.717) is 49.5 Å². The maximum atomic E-state index is 14.1. The van der Waals surface area contributed by atoms with Gasteiger partial charge in [0.05, 0.1) is 41.7 Å². The zero-order valence-electron chi connectivity index (χ0n) is 25.1. The molecule has 2 heterocycles. The van der Waals surface area contributed by atoms with Crippen LogP contribution < -0.4 is 29.1 Å². The first-order valence-electron chi connectivity index (χ1n) is 14.2. The first-order valence-corrected chi connectivity index (χ1v) is 15.4. The second-order valence-electron chi connectivity index (χ2n) is 10.3. The first-order chi connectivity index (χ1) is 21.2. The topological polar surface area (TPSA) is 88.4 Å². The number of carbonyl (C=O) groups excluding carboxylic acids is 1. The molecule has 1 atom stereocenters. The number of hydrogen-bond acceptors (Lipinski definition) is 8. The number of thiazole rings is 1. The number of ether oxygens (including phenoxy) is 4. The number of halogens is 1. The summed E-state index contributed by atoms with van der Waals surface area (Å²) in [5, 5.41) is 0.655. The number of rotatable bonds is 10. The molecule has 1 aliphatic rings. The summed E-state index contributed by atoms with van der Waals surface area (Å²) in [5.74, 6) is 1.14. The number of nitrogens with zero attached hydrogens (tertiary/aromatic N) is 2. The number of aromatic nitrogens is 1. The second kappa shape index (κ2) is 13.5. The number of para-hydroxylation sites is 1. The van der Waals surface area contributed by atoms with Crippen LogP contribution in [0.25, 0.3) is 6.08 Å². The van der Waals surface area contributed by atoms with Gasteiger partial charge in [-0.25, -0.2) is 9.79 Å². The van der Waals surface area contributed by atoms with Gasteiger partial charge in [-0.1, -0.05) is 59.3 Å². The third-order valence-electron chi connectivity index (χ3n) is 6.90. The van der Waals surface area contributed by atoms with Crippen LogP contribution >= 0.6 is 22.9 Å². The van der Waals surface area contributed by atoms with E-state index in [9.17, 15) is 9.59 Å². The predicted octanol–water partition coefficient (Wildman–Crippen LogP) is 5.83. The highest BCUT2D eigenvalue weighted by molar-refractivity contribution is 7.07. The van der Waals surface area contributed by atoms with E-state index in [1.807, 2.05) is 68.4 Å². The minimum absolute atomic E-state index is 0.0669. The van der Waals surface area contributed by atoms with Crippen molar-refractivity contribution in [2.45, 2.75) is 46.4 Å². The van der Waals surface area contributed by atoms with Gasteiger partial charge in [0.15, 0.2) is 16.3 Å². The van der Waals surface area contributed by atoms with Gasteiger partial charge >= 0.3 is 5.97 Å². The molecular weight excluding hydrogens is 600 g/mol. The molecule has 0 N–H and O–H groups in total. The Bertz CT molecular complexity index is 1890. The fraction of sp³-hybridized carbons (Fsp3) is 0.265. The van der Waals surface area contributed by atoms with Gasteiger partial charge in [-0.2, -0.15) is 0 Å². The average molecular weight is 633 g/mol. The number of allylic oxidation sites excluding steroid dienone is 1. The molecule has 0 aliphatic carbocycles. The minimum Gasteiger partial charge on any atom is -0.493 e. The molecule has 0 fully saturated rings. The van der Waals surface area contributed by atoms with Crippen molar-refractivity contribution in [3.05, 3.63) is 119 Å². The van der Waals surface area contributed by atoms with Gasteiger partial charge < -0.3 is 18.9 Å². The Morgan fingerprint density at radius 1 is 1.07 bits per heavy atom. The van der Waals surface area contributed by atoms with E-state index in [1.165, 1.54) is 11.3 Å². The Hall–Kier alpha value is -4.34. The summed E-state index contributed by atoms with van der Waals surface area (Å²) >= 11 is 7.27. The van der Waals surface area contributed by atoms with Crippen molar-refractivity contribution in [3.8, 4) is 17.2 Å². The molecule has 0 bridgehead atoms. The van der Waals surface area contributed by atoms with Crippen LogP contribution in [-0.2, 0) is 16.1 Å². The van der Waals surface area contributed by atoms with Gasteiger partial charge in [-0.15, -0.1) is 0 Å². The first kappa shape index (κ1) is 31.1. The van der Waals surface area contributed by atoms with Crippen LogP contribution in [0.3, 0.4) is 0 Å². The van der Waals surface area contributed by atoms with E-state index in [-0.39, 0.29) is 23.8 Å². The SMILES string of the molecule is CCOC(=O)C1=C(C)N=c2s/c(=C/c3ccccc3OCc3ccc(Cl)cc3)c(=O)n2[C@@H]1c1ccc(OC(C)C)c(OC)c1. The van der Waals surface area contributed by atoms with Gasteiger partial charge in [0.1, 0.15) is 12.4 Å². The molecule has 0 unspecified atom stereocenters. The largest absolute Gasteiger partial charge is 0.493 e. The average Bonchev–Trinajstić information content (AvgIpc) is 3.30. The zero-order valence-corrected chi connectivity index (χ0v) is 26.7. The third-order valence-corrected chi connectivity index (χ3v) is 8.13. The molecule has 5 rings (SSSR count). The Morgan fingerprint density at radius 2 is 1.82 bits per heavy atom. The summed E-state index contributed by atoms with van der Waals surface area (Å²) < 4.78 is 25.1. The molecule has 3 aromatic carbocycles. The zero-order chi connectivity index (χ0) is 31.4. The predicted molar refractivity (Wildman–Crippen MR) is 171 cm³/mol. The van der Waals surface area contributed by atoms with Gasteiger partial charge in [-0.05, 0) is 75.2 Å². The summed E-state index contributed by atoms with van der Waals surface area (Å²) in [4.78, 5) is 32.6. The molecule has 0 saturated carbocycles. The van der Waals surface area contributed by atoms with Crippen LogP contribution in [0, 0.1) is 0 Å². The van der Waals surface area contributed by atoms with Crippen LogP contribution in [0.5, 0.6) is 17.2 Å². The van der Waals surface area contributed by atoms with Crippen molar-refractivity contribution in [1.82, 2.24) is 4.57 Å². The normalized spacial score (nSPS) is 14.7. The fourth-order valence-electron chi connectivity index (χ4n) is 4.93. The number of benzene rings is 3. The molecule has 228 valence electrons. The Kier molecular flexibility index (Phi) is 9.56. The molecule has 0 saturated heterocycles. The number of carbonyl (C=O) groups is 1. The van der Waals surface area contributed by atoms with Crippen molar-refractivity contribution in [2.24, 2.45) is 4.99 Å². The van der Waals surface area contributed by atoms with E-state index in [1.54, 1.807) is 43.7 Å². The Balaban J connectivity index is 1.61. The molecular formula is C34H33ClN2O6S. The van der Waals surface area contributed by atoms with E-state index < -0.39 is 12.0 Å². The monoisotopic (exact) mass is 632 g/mol. The smallest absolute Gasteiger partial charge is 0.338 e. The van der Waals surface area contributed by atoms with Crippen LogP contribution in [0.1, 0.15) is 50.4 Å². The molecule has 1 aromatic heterocycles. The minimum atomic E-state index is -0.786. The number of fused-ring (bicyclic) bond motifs is 1. The third kappa shape index (κ3) is 6.59. The summed E-state index contributed by atoms with van der Waals surface area (Å²) in [6.45, 7) is 7.87. The fourth-order valence-corrected chi connectivity index (χ4v) is 6.09. The Labute approximate surface area is 264 Å². The molecule has 1 aliphatic heterocycles. The van der Waals surface area contributed by atoms with Gasteiger partial charge in [-0.3, -0.25) is 9.36 Å². The highest BCUT2D eigenvalue weighted by atomic mass is 35.5. The number of methoxy groups -OCH3 is 1. The van der Waals surface area contributed by atoms with Crippen LogP contribution in [0.15, 0.2) is 87.8 Å². The summed E-state index contributed by atoms with van der Waals surface area (Å²) in [6, 6.07) is 19.6. The van der Waals surface area contributed by atoms with E-state index in [4.69, 9.17) is 30.5 Å². The summed E-state index contributed by atoms with van der Waals surface area (Å²) in [5.41, 5.74) is 2.84. The lowest BCUT2D eigenvalue weighted by atomic mass is 9.95. The molecule has 10 heteroatoms. The molecule has 4 aromatic rings. The van der Waals surface area contributed by atoms with Crippen LogP contribution in [0.2, 0.25) is 5.02 Å². The highest BCUT2D eigenvalue weighted by Gasteiger charge is 2.34. The van der Waals surface area contributed by atoms with Crippen LogP contribution in [0.4, 0.5) is 0 Å². The molecule has 0 radical (unpaired) electrons.